The minimum atomic E-state index is -1.82. The van der Waals surface area contributed by atoms with Gasteiger partial charge >= 0.3 is 5.97 Å². The zero-order valence-corrected chi connectivity index (χ0v) is 30.2. The Morgan fingerprint density at radius 1 is 1.23 bits per heavy atom. The number of thiazole rings is 1. The van der Waals surface area contributed by atoms with Crippen LogP contribution in [-0.4, -0.2) is 111 Å². The van der Waals surface area contributed by atoms with Gasteiger partial charge in [0.2, 0.25) is 5.60 Å². The summed E-state index contributed by atoms with van der Waals surface area (Å²) >= 11 is 8.48. The highest BCUT2D eigenvalue weighted by Crippen LogP contribution is 2.45. The molecule has 18 nitrogen and oxygen atoms in total. The summed E-state index contributed by atoms with van der Waals surface area (Å²) in [6.07, 6.45) is 1.59. The first-order chi connectivity index (χ1) is 24.4. The van der Waals surface area contributed by atoms with Crippen molar-refractivity contribution in [1.29, 1.82) is 0 Å². The molecule has 1 aromatic carbocycles. The van der Waals surface area contributed by atoms with Crippen molar-refractivity contribution in [3.05, 3.63) is 49.6 Å². The van der Waals surface area contributed by atoms with E-state index in [0.29, 0.717) is 18.7 Å². The summed E-state index contributed by atoms with van der Waals surface area (Å²) in [4.78, 5) is 81.8. The van der Waals surface area contributed by atoms with Gasteiger partial charge in [-0.15, -0.1) is 23.1 Å². The van der Waals surface area contributed by atoms with Crippen LogP contribution in [0.25, 0.3) is 10.9 Å². The van der Waals surface area contributed by atoms with E-state index >= 15 is 0 Å². The number of carbonyl (C=O) groups excluding carboxylic acids is 3. The molecule has 2 aromatic heterocycles. The van der Waals surface area contributed by atoms with Gasteiger partial charge in [0.1, 0.15) is 40.7 Å². The molecule has 0 unspecified atom stereocenters. The smallest absolute Gasteiger partial charge is 0.350 e. The number of thioether (sulfide) groups is 1. The second-order valence-electron chi connectivity index (χ2n) is 13.2. The number of aromatic nitrogens is 3. The number of carbonyl (C=O) groups is 4. The first-order valence-electron chi connectivity index (χ1n) is 15.9. The van der Waals surface area contributed by atoms with Crippen molar-refractivity contribution in [3.63, 3.8) is 0 Å². The summed E-state index contributed by atoms with van der Waals surface area (Å²) in [5, 5.41) is 48.4. The molecule has 3 aliphatic rings. The molecule has 0 spiro atoms. The molecule has 7 N–H and O–H groups in total. The van der Waals surface area contributed by atoms with E-state index in [0.717, 1.165) is 35.1 Å². The van der Waals surface area contributed by atoms with Gasteiger partial charge < -0.3 is 50.6 Å². The number of aliphatic carboxylic acids is 2. The number of carboxylic acids is 2. The molecule has 2 amide bonds. The van der Waals surface area contributed by atoms with E-state index in [2.05, 4.69) is 25.4 Å². The predicted molar refractivity (Wildman–Crippen MR) is 186 cm³/mol. The number of likely N-dealkylation sites (tertiary alicyclic amines) is 1. The summed E-state index contributed by atoms with van der Waals surface area (Å²) in [5.41, 5.74) is 2.98. The number of β-lactam (4-membered cyclic amide) rings is 1. The molecular weight excluding hydrogens is 744 g/mol. The number of hydrogen-bond acceptors (Lipinski definition) is 15. The third-order valence-electron chi connectivity index (χ3n) is 9.21. The number of rotatable bonds is 11. The summed E-state index contributed by atoms with van der Waals surface area (Å²) in [5.74, 6) is -5.53. The normalized spacial score (nSPS) is 21.5. The summed E-state index contributed by atoms with van der Waals surface area (Å²) in [6, 6.07) is -0.122. The van der Waals surface area contributed by atoms with Crippen molar-refractivity contribution in [2.45, 2.75) is 62.4 Å². The van der Waals surface area contributed by atoms with Crippen LogP contribution in [0.2, 0.25) is 5.02 Å². The standard InChI is InChI=1S/C31H33ClN8O10S2/c1-12-14(9-40(6-4-5-7-40)10-17-35-19-13(24(43)36-17)8-16(41)23(42)18(19)32)22(28(46)47)39-26(45)21(27(39)52-12)37-25(44)20(15-11-51-30(33)34-15)38-50-31(2,3)29(48)49/h8,11-12,21,27H,4-7,9-10H2,1-3H3,(H7-,33,34,35,36,37,38,41,42,43,44,46,47,48,49)/t12-,21+,27+/m0/s1. The molecule has 21 heteroatoms. The fourth-order valence-corrected chi connectivity index (χ4v) is 8.68. The van der Waals surface area contributed by atoms with E-state index in [1.165, 1.54) is 31.0 Å². The lowest BCUT2D eigenvalue weighted by molar-refractivity contribution is -0.926. The first-order valence-corrected chi connectivity index (χ1v) is 18.1. The van der Waals surface area contributed by atoms with Crippen molar-refractivity contribution >= 4 is 80.2 Å². The highest BCUT2D eigenvalue weighted by atomic mass is 35.5. The quantitative estimate of drug-likeness (QED) is 0.0500. The number of aromatic hydroxyl groups is 2. The molecule has 276 valence electrons. The molecule has 2 saturated heterocycles. The van der Waals surface area contributed by atoms with Gasteiger partial charge in [0.15, 0.2) is 28.2 Å². The van der Waals surface area contributed by atoms with Crippen LogP contribution in [0.5, 0.6) is 11.5 Å². The van der Waals surface area contributed by atoms with Crippen LogP contribution in [0.3, 0.4) is 0 Å². The van der Waals surface area contributed by atoms with E-state index < -0.39 is 68.8 Å². The lowest BCUT2D eigenvalue weighted by Crippen LogP contribution is -2.72. The lowest BCUT2D eigenvalue weighted by Gasteiger charge is -2.53. The van der Waals surface area contributed by atoms with Crippen LogP contribution >= 0.6 is 34.7 Å². The number of nitrogens with two attached hydrogens (primary N) is 1. The lowest BCUT2D eigenvalue weighted by atomic mass is 9.99. The van der Waals surface area contributed by atoms with Crippen LogP contribution in [0.1, 0.15) is 45.1 Å². The van der Waals surface area contributed by atoms with Crippen molar-refractivity contribution in [2.24, 2.45) is 5.16 Å². The second-order valence-corrected chi connectivity index (χ2v) is 15.9. The topological polar surface area (TPSA) is 274 Å². The number of nitrogen functional groups attached to an aromatic ring is 1. The van der Waals surface area contributed by atoms with Crippen LogP contribution < -0.4 is 21.7 Å². The van der Waals surface area contributed by atoms with E-state index in [9.17, 15) is 44.4 Å². The van der Waals surface area contributed by atoms with Gasteiger partial charge in [0.05, 0.1) is 30.1 Å². The third kappa shape index (κ3) is 6.61. The summed E-state index contributed by atoms with van der Waals surface area (Å²) in [7, 11) is 0. The summed E-state index contributed by atoms with van der Waals surface area (Å²) < 4.78 is 0.281. The predicted octanol–water partition coefficient (Wildman–Crippen LogP) is 0.214. The number of benzene rings is 1. The second kappa shape index (κ2) is 13.6. The molecule has 3 atom stereocenters. The zero-order chi connectivity index (χ0) is 37.9. The van der Waals surface area contributed by atoms with Crippen molar-refractivity contribution < 1.29 is 48.9 Å². The highest BCUT2D eigenvalue weighted by Gasteiger charge is 2.55. The highest BCUT2D eigenvalue weighted by molar-refractivity contribution is 8.00. The number of quaternary nitrogens is 1. The number of phenolic OH excluding ortho intramolecular Hbond substituents is 2. The molecule has 0 saturated carbocycles. The fraction of sp³-hybridized carbons (Fsp3) is 0.419. The van der Waals surface area contributed by atoms with Gasteiger partial charge in [-0.2, -0.15) is 0 Å². The van der Waals surface area contributed by atoms with Gasteiger partial charge in [-0.05, 0) is 26.8 Å². The summed E-state index contributed by atoms with van der Waals surface area (Å²) in [6.45, 7) is 5.75. The SMILES string of the molecule is C[C@@H]1S[C@@H]2[C@H](NC(=O)C(=NOC(C)(C)C(=O)O)c3csc(N)n3)C(=O)N2C(C(=O)[O-])=C1C[N+]1(Cc2nc3c(Cl)c(O)c(O)cc3c(=O)[nH]2)CCCC1. The van der Waals surface area contributed by atoms with Gasteiger partial charge in [0, 0.05) is 29.0 Å². The minimum Gasteiger partial charge on any atom is -0.543 e. The third-order valence-corrected chi connectivity index (χ3v) is 11.7. The maximum absolute atomic E-state index is 13.6. The molecule has 0 radical (unpaired) electrons. The average molecular weight is 777 g/mol. The number of nitrogens with zero attached hydrogens (tertiary/aromatic N) is 5. The molecule has 0 aliphatic carbocycles. The molecule has 3 aromatic rings. The number of halogens is 1. The van der Waals surface area contributed by atoms with Gasteiger partial charge in [-0.3, -0.25) is 19.3 Å². The Balaban J connectivity index is 1.27. The molecule has 52 heavy (non-hydrogen) atoms. The van der Waals surface area contributed by atoms with Gasteiger partial charge in [-0.1, -0.05) is 16.8 Å². The van der Waals surface area contributed by atoms with Crippen LogP contribution in [-0.2, 0) is 30.6 Å². The van der Waals surface area contributed by atoms with Crippen LogP contribution in [0.4, 0.5) is 5.13 Å². The Kier molecular flexibility index (Phi) is 9.62. The maximum Gasteiger partial charge on any atom is 0.350 e. The Bertz CT molecular complexity index is 2140. The molecule has 5 heterocycles. The monoisotopic (exact) mass is 776 g/mol. The Morgan fingerprint density at radius 2 is 1.92 bits per heavy atom. The van der Waals surface area contributed by atoms with Crippen LogP contribution in [0, 0.1) is 0 Å². The van der Waals surface area contributed by atoms with E-state index in [1.807, 2.05) is 0 Å². The van der Waals surface area contributed by atoms with E-state index in [-0.39, 0.29) is 55.8 Å². The molecule has 3 aliphatic heterocycles. The van der Waals surface area contributed by atoms with Crippen LogP contribution in [0.15, 0.2) is 32.7 Å². The molecule has 0 bridgehead atoms. The number of oxime groups is 1. The van der Waals surface area contributed by atoms with Gasteiger partial charge in [-0.25, -0.2) is 14.8 Å². The number of anilines is 1. The maximum atomic E-state index is 13.6. The fourth-order valence-electron chi connectivity index (χ4n) is 6.45. The number of nitrogens with one attached hydrogen (secondary N) is 2. The Hall–Kier alpha value is -4.92. The largest absolute Gasteiger partial charge is 0.543 e. The number of fused-ring (bicyclic) bond motifs is 2. The van der Waals surface area contributed by atoms with Crippen molar-refractivity contribution in [3.8, 4) is 11.5 Å². The number of aromatic amines is 1. The van der Waals surface area contributed by atoms with E-state index in [1.54, 1.807) is 6.92 Å². The minimum absolute atomic E-state index is 0.00462. The Labute approximate surface area is 307 Å². The first kappa shape index (κ1) is 36.9. The van der Waals surface area contributed by atoms with E-state index in [4.69, 9.17) is 22.2 Å². The number of H-pyrrole nitrogens is 1. The average Bonchev–Trinajstić information content (AvgIpc) is 3.72. The number of carboxylic acid groups (broad SMARTS) is 2. The Morgan fingerprint density at radius 3 is 2.54 bits per heavy atom. The van der Waals surface area contributed by atoms with Gasteiger partial charge in [0.25, 0.3) is 17.4 Å². The molecule has 2 fully saturated rings. The molecule has 6 rings (SSSR count). The number of phenols is 2. The number of hydrogen-bond donors (Lipinski definition) is 6. The zero-order valence-electron chi connectivity index (χ0n) is 27.8. The van der Waals surface area contributed by atoms with Crippen molar-refractivity contribution in [2.75, 3.05) is 25.4 Å². The number of amides is 2. The van der Waals surface area contributed by atoms with Crippen molar-refractivity contribution in [1.82, 2.24) is 25.2 Å². The molecular formula is C31H33ClN8O10S2.